The van der Waals surface area contributed by atoms with E-state index in [0.29, 0.717) is 5.02 Å². The number of halogens is 1. The number of amides is 1. The number of benzene rings is 2. The topological polar surface area (TPSA) is 113 Å². The summed E-state index contributed by atoms with van der Waals surface area (Å²) in [6.07, 6.45) is -1.70. The molecule has 0 heterocycles. The number of hydrogen-bond acceptors (Lipinski definition) is 5. The van der Waals surface area contributed by atoms with Crippen LogP contribution in [0, 0.1) is 0 Å². The van der Waals surface area contributed by atoms with Gasteiger partial charge in [-0.25, -0.2) is 9.59 Å². The minimum atomic E-state index is -1.67. The van der Waals surface area contributed by atoms with Crippen LogP contribution in [0.1, 0.15) is 18.9 Å². The van der Waals surface area contributed by atoms with E-state index in [1.807, 2.05) is 42.5 Å². The summed E-state index contributed by atoms with van der Waals surface area (Å²) in [4.78, 5) is 34.5. The van der Waals surface area contributed by atoms with Gasteiger partial charge in [-0.05, 0) is 42.2 Å². The first-order valence-electron chi connectivity index (χ1n) is 9.03. The van der Waals surface area contributed by atoms with Gasteiger partial charge in [0.2, 0.25) is 0 Å². The van der Waals surface area contributed by atoms with Crippen LogP contribution in [0.25, 0.3) is 11.1 Å². The molecule has 0 aliphatic carbocycles. The van der Waals surface area contributed by atoms with Crippen LogP contribution >= 0.6 is 11.6 Å². The van der Waals surface area contributed by atoms with Crippen molar-refractivity contribution in [3.8, 4) is 11.1 Å². The molecule has 0 bridgehead atoms. The van der Waals surface area contributed by atoms with Crippen molar-refractivity contribution < 1.29 is 29.3 Å². The molecule has 154 valence electrons. The smallest absolute Gasteiger partial charge is 0.396 e. The molecule has 8 heteroatoms. The summed E-state index contributed by atoms with van der Waals surface area (Å²) in [5, 5.41) is 21.7. The molecule has 29 heavy (non-hydrogen) atoms. The number of carbonyl (C=O) groups excluding carboxylic acids is 2. The molecule has 7 nitrogen and oxygen atoms in total. The van der Waals surface area contributed by atoms with E-state index < -0.39 is 30.0 Å². The Labute approximate surface area is 173 Å². The first-order chi connectivity index (χ1) is 13.8. The Kier molecular flexibility index (Phi) is 8.18. The highest BCUT2D eigenvalue weighted by Crippen LogP contribution is 2.23. The van der Waals surface area contributed by atoms with Crippen LogP contribution in [0.2, 0.25) is 5.02 Å². The minimum Gasteiger partial charge on any atom is -0.479 e. The highest BCUT2D eigenvalue weighted by atomic mass is 35.5. The second-order valence-corrected chi connectivity index (χ2v) is 6.83. The highest BCUT2D eigenvalue weighted by Gasteiger charge is 2.25. The van der Waals surface area contributed by atoms with E-state index in [4.69, 9.17) is 16.7 Å². The number of nitrogens with one attached hydrogen (secondary N) is 1. The molecule has 0 radical (unpaired) electrons. The number of esters is 1. The van der Waals surface area contributed by atoms with Gasteiger partial charge in [0.05, 0.1) is 6.61 Å². The molecule has 0 saturated heterocycles. The molecule has 2 aromatic carbocycles. The van der Waals surface area contributed by atoms with Crippen LogP contribution in [0.15, 0.2) is 48.5 Å². The molecule has 0 saturated carbocycles. The fourth-order valence-corrected chi connectivity index (χ4v) is 2.98. The van der Waals surface area contributed by atoms with Crippen molar-refractivity contribution in [1.29, 1.82) is 0 Å². The van der Waals surface area contributed by atoms with Gasteiger partial charge in [0.25, 0.3) is 0 Å². The Balaban J connectivity index is 2.13. The molecule has 0 aliphatic rings. The van der Waals surface area contributed by atoms with Crippen LogP contribution < -0.4 is 5.32 Å². The van der Waals surface area contributed by atoms with Gasteiger partial charge < -0.3 is 20.3 Å². The van der Waals surface area contributed by atoms with E-state index >= 15 is 0 Å². The van der Waals surface area contributed by atoms with E-state index in [0.717, 1.165) is 16.7 Å². The highest BCUT2D eigenvalue weighted by molar-refractivity contribution is 6.32. The normalized spacial score (nSPS) is 12.7. The maximum Gasteiger partial charge on any atom is 0.396 e. The molecule has 2 unspecified atom stereocenters. The zero-order valence-electron chi connectivity index (χ0n) is 15.8. The number of carboxylic acids is 1. The lowest BCUT2D eigenvalue weighted by atomic mass is 9.98. The van der Waals surface area contributed by atoms with Gasteiger partial charge in [0.1, 0.15) is 0 Å². The summed E-state index contributed by atoms with van der Waals surface area (Å²) in [5.41, 5.74) is 2.67. The maximum atomic E-state index is 11.9. The Morgan fingerprint density at radius 2 is 1.79 bits per heavy atom. The van der Waals surface area contributed by atoms with E-state index in [-0.39, 0.29) is 19.4 Å². The number of hydrogen-bond donors (Lipinski definition) is 3. The molecule has 0 aromatic heterocycles. The monoisotopic (exact) mass is 419 g/mol. The number of aliphatic hydroxyl groups is 1. The molecule has 0 fully saturated rings. The average Bonchev–Trinajstić information content (AvgIpc) is 2.68. The fraction of sp³-hybridized carbons (Fsp3) is 0.286. The van der Waals surface area contributed by atoms with Crippen molar-refractivity contribution in [1.82, 2.24) is 5.32 Å². The predicted molar refractivity (Wildman–Crippen MR) is 107 cm³/mol. The van der Waals surface area contributed by atoms with Crippen LogP contribution in [0.3, 0.4) is 0 Å². The largest absolute Gasteiger partial charge is 0.479 e. The third-order valence-corrected chi connectivity index (χ3v) is 4.42. The van der Waals surface area contributed by atoms with Crippen LogP contribution in [0.5, 0.6) is 0 Å². The quantitative estimate of drug-likeness (QED) is 0.447. The Hall–Kier alpha value is -2.90. The lowest BCUT2D eigenvalue weighted by Gasteiger charge is -2.20. The van der Waals surface area contributed by atoms with Crippen molar-refractivity contribution in [2.75, 3.05) is 6.61 Å². The fourth-order valence-electron chi connectivity index (χ4n) is 2.79. The zero-order chi connectivity index (χ0) is 21.4. The van der Waals surface area contributed by atoms with Crippen LogP contribution in [-0.4, -0.2) is 46.8 Å². The second-order valence-electron chi connectivity index (χ2n) is 6.39. The van der Waals surface area contributed by atoms with Crippen LogP contribution in [0.4, 0.5) is 0 Å². The lowest BCUT2D eigenvalue weighted by Crippen LogP contribution is -2.44. The number of rotatable bonds is 8. The summed E-state index contributed by atoms with van der Waals surface area (Å²) < 4.78 is 4.64. The zero-order valence-corrected chi connectivity index (χ0v) is 16.6. The first kappa shape index (κ1) is 22.4. The molecule has 0 spiro atoms. The number of carbonyl (C=O) groups is 3. The van der Waals surface area contributed by atoms with Crippen molar-refractivity contribution in [3.05, 3.63) is 59.1 Å². The minimum absolute atomic E-state index is 0.0413. The Morgan fingerprint density at radius 1 is 1.10 bits per heavy atom. The van der Waals surface area contributed by atoms with Crippen LogP contribution in [-0.2, 0) is 25.5 Å². The standard InChI is InChI=1S/C21H22ClNO6/c1-2-29-21(28)19(25)23-17(12-18(24)20(26)27)10-13-6-8-14(9-7-13)15-4-3-5-16(22)11-15/h3-9,11,17-18,24H,2,10,12H2,1H3,(H,23,25)(H,26,27). The number of carboxylic acid groups (broad SMARTS) is 1. The summed E-state index contributed by atoms with van der Waals surface area (Å²) in [6.45, 7) is 1.61. The van der Waals surface area contributed by atoms with Gasteiger partial charge in [-0.2, -0.15) is 0 Å². The third-order valence-electron chi connectivity index (χ3n) is 4.18. The van der Waals surface area contributed by atoms with Crippen molar-refractivity contribution in [2.24, 2.45) is 0 Å². The van der Waals surface area contributed by atoms with Crippen molar-refractivity contribution >= 4 is 29.4 Å². The number of aliphatic carboxylic acids is 1. The molecule has 2 atom stereocenters. The first-order valence-corrected chi connectivity index (χ1v) is 9.41. The molecular weight excluding hydrogens is 398 g/mol. The van der Waals surface area contributed by atoms with Gasteiger partial charge in [-0.3, -0.25) is 4.79 Å². The van der Waals surface area contributed by atoms with Gasteiger partial charge in [-0.15, -0.1) is 0 Å². The lowest BCUT2D eigenvalue weighted by molar-refractivity contribution is -0.155. The molecular formula is C21H22ClNO6. The van der Waals surface area contributed by atoms with Crippen molar-refractivity contribution in [3.63, 3.8) is 0 Å². The summed E-state index contributed by atoms with van der Waals surface area (Å²) in [7, 11) is 0. The predicted octanol–water partition coefficient (Wildman–Crippen LogP) is 2.43. The summed E-state index contributed by atoms with van der Waals surface area (Å²) in [6, 6.07) is 14.0. The van der Waals surface area contributed by atoms with Gasteiger partial charge in [0, 0.05) is 17.5 Å². The molecule has 2 rings (SSSR count). The second kappa shape index (κ2) is 10.6. The molecule has 0 aliphatic heterocycles. The third kappa shape index (κ3) is 6.89. The van der Waals surface area contributed by atoms with Gasteiger partial charge >= 0.3 is 17.8 Å². The molecule has 2 aromatic rings. The summed E-state index contributed by atoms with van der Waals surface area (Å²) in [5.74, 6) is -3.44. The van der Waals surface area contributed by atoms with Crippen molar-refractivity contribution in [2.45, 2.75) is 31.9 Å². The Morgan fingerprint density at radius 3 is 2.38 bits per heavy atom. The average molecular weight is 420 g/mol. The van der Waals surface area contributed by atoms with E-state index in [9.17, 15) is 19.5 Å². The van der Waals surface area contributed by atoms with E-state index in [1.165, 1.54) is 0 Å². The van der Waals surface area contributed by atoms with E-state index in [2.05, 4.69) is 10.1 Å². The van der Waals surface area contributed by atoms with E-state index in [1.54, 1.807) is 13.0 Å². The maximum absolute atomic E-state index is 11.9. The van der Waals surface area contributed by atoms with Gasteiger partial charge in [-0.1, -0.05) is 48.0 Å². The number of aliphatic hydroxyl groups excluding tert-OH is 1. The molecule has 3 N–H and O–H groups in total. The Bertz CT molecular complexity index is 868. The summed E-state index contributed by atoms with van der Waals surface area (Å²) >= 11 is 6.02. The SMILES string of the molecule is CCOC(=O)C(=O)NC(Cc1ccc(-c2cccc(Cl)c2)cc1)CC(O)C(=O)O. The van der Waals surface area contributed by atoms with Gasteiger partial charge in [0.15, 0.2) is 6.10 Å². The molecule has 1 amide bonds. The number of ether oxygens (including phenoxy) is 1.